The zero-order chi connectivity index (χ0) is 21.3. The molecule has 0 fully saturated rings. The van der Waals surface area contributed by atoms with Crippen molar-refractivity contribution in [3.05, 3.63) is 117 Å². The molecule has 4 nitrogen and oxygen atoms in total. The van der Waals surface area contributed by atoms with Gasteiger partial charge >= 0.3 is 0 Å². The van der Waals surface area contributed by atoms with Crippen LogP contribution in [0.2, 0.25) is 10.0 Å². The number of aliphatic hydroxyl groups is 2. The third-order valence-corrected chi connectivity index (χ3v) is 6.79. The van der Waals surface area contributed by atoms with E-state index >= 15 is 0 Å². The molecule has 2 unspecified atom stereocenters. The Morgan fingerprint density at radius 1 is 0.633 bits per heavy atom. The quantitative estimate of drug-likeness (QED) is 0.482. The van der Waals surface area contributed by atoms with E-state index in [0.717, 1.165) is 0 Å². The first-order valence-corrected chi connectivity index (χ1v) is 10.3. The van der Waals surface area contributed by atoms with Crippen molar-refractivity contribution in [2.24, 2.45) is 14.1 Å². The Balaban J connectivity index is 2.01. The third-order valence-electron chi connectivity index (χ3n) is 6.16. The van der Waals surface area contributed by atoms with Crippen molar-refractivity contribution in [3.8, 4) is 0 Å². The van der Waals surface area contributed by atoms with Crippen LogP contribution in [0.1, 0.15) is 33.6 Å². The van der Waals surface area contributed by atoms with E-state index in [-0.39, 0.29) is 0 Å². The molecule has 2 heterocycles. The molecule has 2 N–H and O–H groups in total. The predicted octanol–water partition coefficient (Wildman–Crippen LogP) is 4.55. The van der Waals surface area contributed by atoms with Crippen molar-refractivity contribution in [1.29, 1.82) is 0 Å². The van der Waals surface area contributed by atoms with Gasteiger partial charge in [0.25, 0.3) is 0 Å². The fourth-order valence-corrected chi connectivity index (χ4v) is 5.48. The van der Waals surface area contributed by atoms with Crippen molar-refractivity contribution in [2.75, 3.05) is 0 Å². The summed E-state index contributed by atoms with van der Waals surface area (Å²) in [6.45, 7) is 0. The minimum absolute atomic E-state index is 0.370. The zero-order valence-corrected chi connectivity index (χ0v) is 18.0. The first-order chi connectivity index (χ1) is 14.3. The van der Waals surface area contributed by atoms with E-state index in [1.807, 2.05) is 59.9 Å². The Hall–Kier alpha value is -2.50. The average molecular weight is 439 g/mol. The summed E-state index contributed by atoms with van der Waals surface area (Å²) in [6.07, 6.45) is 3.73. The highest BCUT2D eigenvalue weighted by molar-refractivity contribution is 6.32. The fraction of sp³-hybridized carbons (Fsp3) is 0.167. The maximum atomic E-state index is 12.3. The molecule has 1 aliphatic carbocycles. The Bertz CT molecular complexity index is 1190. The molecule has 0 saturated carbocycles. The van der Waals surface area contributed by atoms with Gasteiger partial charge < -0.3 is 19.3 Å². The number of halogens is 2. The van der Waals surface area contributed by atoms with Gasteiger partial charge in [-0.25, -0.2) is 0 Å². The summed E-state index contributed by atoms with van der Waals surface area (Å²) in [7, 11) is 3.73. The smallest absolute Gasteiger partial charge is 0.157 e. The molecule has 152 valence electrons. The number of benzene rings is 2. The second-order valence-electron chi connectivity index (χ2n) is 7.75. The van der Waals surface area contributed by atoms with Gasteiger partial charge in [0, 0.05) is 58.8 Å². The van der Waals surface area contributed by atoms with Gasteiger partial charge in [-0.05, 0) is 36.4 Å². The zero-order valence-electron chi connectivity index (χ0n) is 16.5. The summed E-state index contributed by atoms with van der Waals surface area (Å²) >= 11 is 13.4. The van der Waals surface area contributed by atoms with Crippen LogP contribution in [0.25, 0.3) is 0 Å². The molecule has 1 aliphatic rings. The lowest BCUT2D eigenvalue weighted by Crippen LogP contribution is -2.46. The van der Waals surface area contributed by atoms with Crippen LogP contribution in [0.4, 0.5) is 0 Å². The maximum Gasteiger partial charge on any atom is 0.157 e. The standard InChI is InChI=1S/C24H20Cl2N2O2/c1-27-13-5-11-19(27)23(29)15-7-3-10-18(26)22(15)24(30,20-12-6-14-28(20)2)16-8-4-9-17(25)21(16)23/h3-14,29-30H,1-2H3. The molecular weight excluding hydrogens is 419 g/mol. The molecule has 30 heavy (non-hydrogen) atoms. The molecule has 0 spiro atoms. The van der Waals surface area contributed by atoms with Gasteiger partial charge in [-0.1, -0.05) is 47.5 Å². The Kier molecular flexibility index (Phi) is 4.21. The second kappa shape index (κ2) is 6.50. The Morgan fingerprint density at radius 2 is 1.03 bits per heavy atom. The molecule has 2 atom stereocenters. The molecule has 0 saturated heterocycles. The number of rotatable bonds is 2. The van der Waals surface area contributed by atoms with E-state index < -0.39 is 11.2 Å². The van der Waals surface area contributed by atoms with Gasteiger partial charge in [0.05, 0.1) is 11.4 Å². The second-order valence-corrected chi connectivity index (χ2v) is 8.57. The lowest BCUT2D eigenvalue weighted by atomic mass is 9.65. The highest BCUT2D eigenvalue weighted by atomic mass is 35.5. The molecule has 6 heteroatoms. The van der Waals surface area contributed by atoms with Crippen LogP contribution in [-0.4, -0.2) is 19.3 Å². The molecule has 0 aliphatic heterocycles. The van der Waals surface area contributed by atoms with Crippen LogP contribution in [0.5, 0.6) is 0 Å². The van der Waals surface area contributed by atoms with Gasteiger partial charge in [0.15, 0.2) is 11.2 Å². The lowest BCUT2D eigenvalue weighted by molar-refractivity contribution is 0.0672. The molecule has 0 amide bonds. The highest BCUT2D eigenvalue weighted by Gasteiger charge is 2.54. The number of nitrogens with zero attached hydrogens (tertiary/aromatic N) is 2. The number of aryl methyl sites for hydroxylation is 2. The van der Waals surface area contributed by atoms with Crippen molar-refractivity contribution >= 4 is 23.2 Å². The Labute approximate surface area is 184 Å². The first kappa shape index (κ1) is 19.5. The van der Waals surface area contributed by atoms with Crippen molar-refractivity contribution in [2.45, 2.75) is 11.2 Å². The van der Waals surface area contributed by atoms with Crippen LogP contribution in [0.15, 0.2) is 73.1 Å². The normalized spacial score (nSPS) is 22.6. The fourth-order valence-electron chi connectivity index (χ4n) is 4.86. The first-order valence-electron chi connectivity index (χ1n) is 9.58. The van der Waals surface area contributed by atoms with E-state index in [0.29, 0.717) is 43.7 Å². The molecule has 0 radical (unpaired) electrons. The molecule has 2 aromatic carbocycles. The van der Waals surface area contributed by atoms with Crippen molar-refractivity contribution in [3.63, 3.8) is 0 Å². The van der Waals surface area contributed by atoms with Crippen LogP contribution in [-0.2, 0) is 25.3 Å². The number of hydrogen-bond acceptors (Lipinski definition) is 2. The van der Waals surface area contributed by atoms with Crippen LogP contribution in [0.3, 0.4) is 0 Å². The highest BCUT2D eigenvalue weighted by Crippen LogP contribution is 2.56. The van der Waals surface area contributed by atoms with Gasteiger partial charge in [0.2, 0.25) is 0 Å². The third kappa shape index (κ3) is 2.30. The molecule has 2 aromatic heterocycles. The van der Waals surface area contributed by atoms with E-state index in [1.54, 1.807) is 36.4 Å². The average Bonchev–Trinajstić information content (AvgIpc) is 3.34. The molecule has 5 rings (SSSR count). The number of hydrogen-bond donors (Lipinski definition) is 2. The summed E-state index contributed by atoms with van der Waals surface area (Å²) in [4.78, 5) is 0. The van der Waals surface area contributed by atoms with Crippen LogP contribution in [0, 0.1) is 0 Å². The number of fused-ring (bicyclic) bond motifs is 2. The van der Waals surface area contributed by atoms with Crippen molar-refractivity contribution in [1.82, 2.24) is 9.13 Å². The topological polar surface area (TPSA) is 50.3 Å². The Morgan fingerprint density at radius 3 is 1.37 bits per heavy atom. The largest absolute Gasteiger partial charge is 0.374 e. The molecular formula is C24H20Cl2N2O2. The van der Waals surface area contributed by atoms with Gasteiger partial charge in [0.1, 0.15) is 0 Å². The van der Waals surface area contributed by atoms with Crippen LogP contribution < -0.4 is 0 Å². The van der Waals surface area contributed by atoms with E-state index in [4.69, 9.17) is 23.2 Å². The van der Waals surface area contributed by atoms with E-state index in [2.05, 4.69) is 0 Å². The minimum atomic E-state index is -1.59. The number of aromatic nitrogens is 2. The van der Waals surface area contributed by atoms with Crippen molar-refractivity contribution < 1.29 is 10.2 Å². The monoisotopic (exact) mass is 438 g/mol. The minimum Gasteiger partial charge on any atom is -0.374 e. The van der Waals surface area contributed by atoms with E-state index in [9.17, 15) is 10.2 Å². The lowest BCUT2D eigenvalue weighted by Gasteiger charge is -2.45. The summed E-state index contributed by atoms with van der Waals surface area (Å²) in [6, 6.07) is 18.1. The van der Waals surface area contributed by atoms with Gasteiger partial charge in [-0.2, -0.15) is 0 Å². The summed E-state index contributed by atoms with van der Waals surface area (Å²) in [5.41, 5.74) is -0.0164. The van der Waals surface area contributed by atoms with E-state index in [1.165, 1.54) is 0 Å². The van der Waals surface area contributed by atoms with Gasteiger partial charge in [-0.3, -0.25) is 0 Å². The maximum absolute atomic E-state index is 12.3. The predicted molar refractivity (Wildman–Crippen MR) is 118 cm³/mol. The summed E-state index contributed by atoms with van der Waals surface area (Å²) in [5.74, 6) is 0. The molecule has 0 bridgehead atoms. The summed E-state index contributed by atoms with van der Waals surface area (Å²) < 4.78 is 3.70. The van der Waals surface area contributed by atoms with Gasteiger partial charge in [-0.15, -0.1) is 0 Å². The summed E-state index contributed by atoms with van der Waals surface area (Å²) in [5, 5.41) is 25.4. The SMILES string of the molecule is Cn1cccc1C1(O)c2cccc(Cl)c2C(O)(c2cccn2C)c2cccc(Cl)c21. The van der Waals surface area contributed by atoms with Crippen LogP contribution >= 0.6 is 23.2 Å². The molecule has 4 aromatic rings.